The van der Waals surface area contributed by atoms with Crippen molar-refractivity contribution < 1.29 is 13.9 Å². The fourth-order valence-corrected chi connectivity index (χ4v) is 4.93. The number of benzene rings is 2. The number of hydrogen-bond donors (Lipinski definition) is 1. The number of likely N-dealkylation sites (N-methyl/N-ethyl adjacent to an activating group) is 1. The van der Waals surface area contributed by atoms with Crippen molar-refractivity contribution in [1.29, 1.82) is 0 Å². The predicted octanol–water partition coefficient (Wildman–Crippen LogP) is 3.49. The number of nitrogens with zero attached hydrogens (tertiary/aromatic N) is 6. The minimum atomic E-state index is -0.669. The Morgan fingerprint density at radius 1 is 1.21 bits per heavy atom. The molecule has 10 heteroatoms. The maximum Gasteiger partial charge on any atom is 0.257 e. The molecule has 3 aromatic heterocycles. The number of aryl methyl sites for hydroxylation is 3. The first-order chi connectivity index (χ1) is 18.2. The number of ether oxygens (including phenoxy) is 1. The van der Waals surface area contributed by atoms with Gasteiger partial charge in [-0.25, -0.2) is 9.37 Å². The van der Waals surface area contributed by atoms with Gasteiger partial charge in [0.15, 0.2) is 0 Å². The zero-order valence-electron chi connectivity index (χ0n) is 21.3. The average molecular weight is 510 g/mol. The molecule has 9 nitrogen and oxygen atoms in total. The van der Waals surface area contributed by atoms with Gasteiger partial charge in [0.2, 0.25) is 0 Å². The third-order valence-electron chi connectivity index (χ3n) is 6.92. The molecule has 4 heterocycles. The first-order valence-electron chi connectivity index (χ1n) is 12.0. The minimum Gasteiger partial charge on any atom is -0.491 e. The highest BCUT2D eigenvalue weighted by molar-refractivity contribution is 6.10. The van der Waals surface area contributed by atoms with E-state index in [1.165, 1.54) is 17.0 Å². The van der Waals surface area contributed by atoms with Crippen LogP contribution in [0.4, 0.5) is 10.2 Å². The van der Waals surface area contributed by atoms with Gasteiger partial charge >= 0.3 is 0 Å². The summed E-state index contributed by atoms with van der Waals surface area (Å²) in [7, 11) is 5.27. The van der Waals surface area contributed by atoms with E-state index in [4.69, 9.17) is 10.5 Å². The average Bonchev–Trinajstić information content (AvgIpc) is 3.58. The molecule has 1 amide bonds. The van der Waals surface area contributed by atoms with Crippen LogP contribution in [0.2, 0.25) is 0 Å². The Morgan fingerprint density at radius 3 is 2.79 bits per heavy atom. The number of pyridine rings is 1. The van der Waals surface area contributed by atoms with E-state index in [1.54, 1.807) is 29.7 Å². The number of amides is 1. The highest BCUT2D eigenvalue weighted by Crippen LogP contribution is 2.37. The summed E-state index contributed by atoms with van der Waals surface area (Å²) < 4.78 is 24.4. The summed E-state index contributed by atoms with van der Waals surface area (Å²) in [5.41, 5.74) is 10.4. The molecule has 0 saturated carbocycles. The third-order valence-corrected chi connectivity index (χ3v) is 6.92. The quantitative estimate of drug-likeness (QED) is 0.366. The number of carbonyl (C=O) groups is 1. The topological polar surface area (TPSA) is 104 Å². The number of rotatable bonds is 2. The largest absolute Gasteiger partial charge is 0.491 e. The van der Waals surface area contributed by atoms with Crippen LogP contribution in [-0.4, -0.2) is 49.0 Å². The highest BCUT2D eigenvalue weighted by Gasteiger charge is 2.32. The van der Waals surface area contributed by atoms with Crippen LogP contribution >= 0.6 is 0 Å². The van der Waals surface area contributed by atoms with Crippen LogP contribution in [-0.2, 0) is 14.1 Å². The molecule has 0 radical (unpaired) electrons. The molecule has 0 aliphatic carbocycles. The van der Waals surface area contributed by atoms with Crippen molar-refractivity contribution in [2.24, 2.45) is 14.1 Å². The SMILES string of the molecule is Cc1cn(C)nc1C#Cc1ccc2c(c1)OCC2N(C)C(=O)c1cc2c(cc1F)nc(N)c1cnn(C)c12. The number of anilines is 1. The van der Waals surface area contributed by atoms with E-state index in [1.807, 2.05) is 38.4 Å². The maximum atomic E-state index is 15.2. The van der Waals surface area contributed by atoms with Gasteiger partial charge in [0, 0.05) is 55.5 Å². The fourth-order valence-electron chi connectivity index (χ4n) is 4.93. The van der Waals surface area contributed by atoms with Gasteiger partial charge in [0.1, 0.15) is 29.7 Å². The molecule has 190 valence electrons. The Balaban J connectivity index is 1.31. The van der Waals surface area contributed by atoms with Crippen LogP contribution < -0.4 is 10.5 Å². The fraction of sp³-hybridized carbons (Fsp3) is 0.214. The van der Waals surface area contributed by atoms with Crippen LogP contribution in [0.5, 0.6) is 5.75 Å². The van der Waals surface area contributed by atoms with Crippen molar-refractivity contribution >= 4 is 33.5 Å². The monoisotopic (exact) mass is 509 g/mol. The lowest BCUT2D eigenvalue weighted by atomic mass is 10.0. The number of carbonyl (C=O) groups excluding carboxylic acids is 1. The Kier molecular flexibility index (Phi) is 5.31. The van der Waals surface area contributed by atoms with Crippen LogP contribution in [0, 0.1) is 24.6 Å². The second-order valence-corrected chi connectivity index (χ2v) is 9.46. The molecule has 0 fully saturated rings. The van der Waals surface area contributed by atoms with Crippen LogP contribution in [0.15, 0.2) is 42.7 Å². The van der Waals surface area contributed by atoms with E-state index >= 15 is 4.39 Å². The van der Waals surface area contributed by atoms with Crippen LogP contribution in [0.3, 0.4) is 0 Å². The maximum absolute atomic E-state index is 15.2. The van der Waals surface area contributed by atoms with Gasteiger partial charge in [-0.15, -0.1) is 0 Å². The first kappa shape index (κ1) is 23.5. The Labute approximate surface area is 217 Å². The van der Waals surface area contributed by atoms with E-state index < -0.39 is 11.7 Å². The number of aromatic nitrogens is 5. The highest BCUT2D eigenvalue weighted by atomic mass is 19.1. The molecule has 1 atom stereocenters. The van der Waals surface area contributed by atoms with Crippen LogP contribution in [0.1, 0.15) is 38.8 Å². The van der Waals surface area contributed by atoms with Crippen molar-refractivity contribution in [2.45, 2.75) is 13.0 Å². The zero-order valence-corrected chi connectivity index (χ0v) is 21.3. The summed E-state index contributed by atoms with van der Waals surface area (Å²) in [6.07, 6.45) is 3.52. The van der Waals surface area contributed by atoms with Crippen molar-refractivity contribution in [3.8, 4) is 17.6 Å². The van der Waals surface area contributed by atoms with E-state index in [-0.39, 0.29) is 24.0 Å². The van der Waals surface area contributed by atoms with Gasteiger partial charge < -0.3 is 15.4 Å². The summed E-state index contributed by atoms with van der Waals surface area (Å²) in [6.45, 7) is 2.22. The number of halogens is 1. The van der Waals surface area contributed by atoms with Crippen molar-refractivity contribution in [3.63, 3.8) is 0 Å². The lowest BCUT2D eigenvalue weighted by Crippen LogP contribution is -2.32. The minimum absolute atomic E-state index is 0.0595. The molecule has 2 N–H and O–H groups in total. The summed E-state index contributed by atoms with van der Waals surface area (Å²) in [5.74, 6) is 5.99. The zero-order chi connectivity index (χ0) is 26.7. The first-order valence-corrected chi connectivity index (χ1v) is 12.0. The molecule has 0 saturated heterocycles. The van der Waals surface area contributed by atoms with Crippen molar-refractivity contribution in [2.75, 3.05) is 19.4 Å². The van der Waals surface area contributed by atoms with Gasteiger partial charge in [0.05, 0.1) is 34.2 Å². The normalized spacial score (nSPS) is 14.3. The third kappa shape index (κ3) is 3.71. The van der Waals surface area contributed by atoms with Gasteiger partial charge in [-0.2, -0.15) is 10.2 Å². The number of fused-ring (bicyclic) bond motifs is 4. The number of nitrogen functional groups attached to an aromatic ring is 1. The second kappa shape index (κ2) is 8.59. The lowest BCUT2D eigenvalue weighted by Gasteiger charge is -2.24. The van der Waals surface area contributed by atoms with Crippen LogP contribution in [0.25, 0.3) is 21.8 Å². The second-order valence-electron chi connectivity index (χ2n) is 9.46. The smallest absolute Gasteiger partial charge is 0.257 e. The molecule has 38 heavy (non-hydrogen) atoms. The molecule has 0 bridgehead atoms. The predicted molar refractivity (Wildman–Crippen MR) is 141 cm³/mol. The van der Waals surface area contributed by atoms with E-state index in [9.17, 15) is 4.79 Å². The van der Waals surface area contributed by atoms with Crippen molar-refractivity contribution in [3.05, 3.63) is 76.5 Å². The van der Waals surface area contributed by atoms with E-state index in [0.29, 0.717) is 27.6 Å². The van der Waals surface area contributed by atoms with Gasteiger partial charge in [-0.1, -0.05) is 12.0 Å². The summed E-state index contributed by atoms with van der Waals surface area (Å²) >= 11 is 0. The lowest BCUT2D eigenvalue weighted by molar-refractivity contribution is 0.0704. The van der Waals surface area contributed by atoms with Crippen molar-refractivity contribution in [1.82, 2.24) is 29.4 Å². The molecule has 1 aliphatic rings. The van der Waals surface area contributed by atoms with Gasteiger partial charge in [-0.3, -0.25) is 14.2 Å². The molecule has 6 rings (SSSR count). The van der Waals surface area contributed by atoms with E-state index in [2.05, 4.69) is 27.0 Å². The number of hydrogen-bond acceptors (Lipinski definition) is 6. The molecule has 5 aromatic rings. The molecule has 1 unspecified atom stereocenters. The Bertz CT molecular complexity index is 1840. The Morgan fingerprint density at radius 2 is 2.03 bits per heavy atom. The summed E-state index contributed by atoms with van der Waals surface area (Å²) in [5, 5.41) is 9.84. The molecule has 0 spiro atoms. The molecule has 2 aromatic carbocycles. The molecular formula is C28H24FN7O2. The van der Waals surface area contributed by atoms with E-state index in [0.717, 1.165) is 22.4 Å². The number of nitrogens with two attached hydrogens (primary N) is 1. The summed E-state index contributed by atoms with van der Waals surface area (Å²) in [4.78, 5) is 19.3. The Hall–Kier alpha value is -4.91. The molecular weight excluding hydrogens is 485 g/mol. The standard InChI is InChI=1S/C28H24FN7O2/c1-15-13-34(2)33-22(15)8-6-16-5-7-17-24(14-38-25(17)9-16)35(3)28(37)18-10-19-23(11-21(18)29)32-27(30)20-12-31-36(4)26(19)20/h5,7,9-13,24H,14H2,1-4H3,(H2,30,32). The molecule has 1 aliphatic heterocycles. The summed E-state index contributed by atoms with van der Waals surface area (Å²) in [6, 6.07) is 8.02. The van der Waals surface area contributed by atoms with Gasteiger partial charge in [-0.05, 0) is 31.0 Å². The van der Waals surface area contributed by atoms with Gasteiger partial charge in [0.25, 0.3) is 5.91 Å².